The van der Waals surface area contributed by atoms with Gasteiger partial charge in [-0.25, -0.2) is 17.9 Å². The summed E-state index contributed by atoms with van der Waals surface area (Å²) in [5.74, 6) is -0.167. The first-order valence-electron chi connectivity index (χ1n) is 9.04. The largest absolute Gasteiger partial charge is 0.464 e. The predicted octanol–water partition coefficient (Wildman–Crippen LogP) is 3.47. The van der Waals surface area contributed by atoms with Crippen molar-refractivity contribution >= 4 is 22.0 Å². The summed E-state index contributed by atoms with van der Waals surface area (Å²) in [6.07, 6.45) is -4.75. The number of hydrogen-bond donors (Lipinski definition) is 2. The minimum atomic E-state index is -4.75. The van der Waals surface area contributed by atoms with Crippen LogP contribution in [0, 0.1) is 0 Å². The van der Waals surface area contributed by atoms with E-state index in [0.29, 0.717) is 17.7 Å². The van der Waals surface area contributed by atoms with Gasteiger partial charge in [-0.05, 0) is 25.1 Å². The Balaban J connectivity index is 1.83. The third-order valence-corrected chi connectivity index (χ3v) is 5.17. The van der Waals surface area contributed by atoms with Gasteiger partial charge >= 0.3 is 18.2 Å². The molecule has 0 spiro atoms. The molecule has 3 rings (SSSR count). The molecule has 0 aliphatic carbocycles. The van der Waals surface area contributed by atoms with Crippen LogP contribution in [-0.2, 0) is 16.2 Å². The van der Waals surface area contributed by atoms with Crippen molar-refractivity contribution in [2.24, 2.45) is 0 Å². The van der Waals surface area contributed by atoms with Crippen molar-refractivity contribution < 1.29 is 31.1 Å². The Kier molecular flexibility index (Phi) is 6.58. The molecule has 0 atom stereocenters. The second-order valence-corrected chi connectivity index (χ2v) is 7.83. The number of nitrogens with zero attached hydrogens (tertiary/aromatic N) is 3. The average molecular weight is 467 g/mol. The van der Waals surface area contributed by atoms with Crippen LogP contribution in [0.4, 0.5) is 23.9 Å². The normalized spacial score (nSPS) is 11.6. The molecule has 0 aliphatic heterocycles. The van der Waals surface area contributed by atoms with Gasteiger partial charge in [-0.3, -0.25) is 5.32 Å². The highest BCUT2D eigenvalue weighted by Gasteiger charge is 2.32. The molecule has 0 fully saturated rings. The first-order chi connectivity index (χ1) is 15.1. The van der Waals surface area contributed by atoms with E-state index in [0.717, 1.165) is 12.1 Å². The number of urea groups is 1. The van der Waals surface area contributed by atoms with Gasteiger partial charge in [0, 0.05) is 5.56 Å². The van der Waals surface area contributed by atoms with E-state index >= 15 is 0 Å². The number of carbonyl (C=O) groups excluding carboxylic acids is 1. The molecule has 0 saturated carbocycles. The summed E-state index contributed by atoms with van der Waals surface area (Å²) < 4.78 is 70.1. The van der Waals surface area contributed by atoms with Crippen molar-refractivity contribution in [1.29, 1.82) is 0 Å². The fraction of sp³-hybridized carbons (Fsp3) is 0.158. The Hall–Kier alpha value is -3.74. The van der Waals surface area contributed by atoms with Crippen molar-refractivity contribution in [1.82, 2.24) is 19.7 Å². The molecule has 13 heteroatoms. The van der Waals surface area contributed by atoms with Gasteiger partial charge in [0.25, 0.3) is 10.0 Å². The van der Waals surface area contributed by atoms with Crippen LogP contribution in [0.3, 0.4) is 0 Å². The number of carbonyl (C=O) groups is 1. The van der Waals surface area contributed by atoms with Crippen molar-refractivity contribution in [3.63, 3.8) is 0 Å². The number of sulfonamides is 1. The first-order valence-corrected chi connectivity index (χ1v) is 10.5. The number of anilines is 1. The zero-order valence-electron chi connectivity index (χ0n) is 16.4. The summed E-state index contributed by atoms with van der Waals surface area (Å²) in [6.45, 7) is 1.90. The molecule has 0 radical (unpaired) electrons. The van der Waals surface area contributed by atoms with Crippen LogP contribution >= 0.6 is 0 Å². The maximum atomic E-state index is 12.9. The molecular weight excluding hydrogens is 451 g/mol. The molecule has 2 N–H and O–H groups in total. The van der Waals surface area contributed by atoms with Crippen LogP contribution in [0.5, 0.6) is 6.01 Å². The van der Waals surface area contributed by atoms with E-state index < -0.39 is 32.7 Å². The van der Waals surface area contributed by atoms with Crippen LogP contribution in [0.25, 0.3) is 11.4 Å². The lowest BCUT2D eigenvalue weighted by atomic mass is 10.2. The van der Waals surface area contributed by atoms with Gasteiger partial charge in [0.2, 0.25) is 5.95 Å². The summed E-state index contributed by atoms with van der Waals surface area (Å²) in [4.78, 5) is 23.5. The first kappa shape index (κ1) is 22.9. The Morgan fingerprint density at radius 2 is 1.75 bits per heavy atom. The number of aromatic nitrogens is 3. The van der Waals surface area contributed by atoms with Crippen LogP contribution < -0.4 is 14.8 Å². The fourth-order valence-corrected chi connectivity index (χ4v) is 3.42. The number of ether oxygens (including phenoxy) is 1. The molecule has 32 heavy (non-hydrogen) atoms. The van der Waals surface area contributed by atoms with Crippen molar-refractivity contribution in [3.05, 3.63) is 60.2 Å². The van der Waals surface area contributed by atoms with Gasteiger partial charge in [0.05, 0.1) is 17.1 Å². The van der Waals surface area contributed by atoms with Crippen LogP contribution in [0.1, 0.15) is 12.5 Å². The van der Waals surface area contributed by atoms with E-state index in [1.165, 1.54) is 0 Å². The van der Waals surface area contributed by atoms with Crippen LogP contribution in [-0.4, -0.2) is 36.0 Å². The van der Waals surface area contributed by atoms with E-state index in [2.05, 4.69) is 20.3 Å². The summed E-state index contributed by atoms with van der Waals surface area (Å²) in [7, 11) is -4.61. The molecule has 2 aromatic carbocycles. The van der Waals surface area contributed by atoms with Gasteiger partial charge in [-0.15, -0.1) is 0 Å². The van der Waals surface area contributed by atoms with Crippen molar-refractivity contribution in [3.8, 4) is 17.4 Å². The van der Waals surface area contributed by atoms with Gasteiger partial charge in [0.1, 0.15) is 0 Å². The van der Waals surface area contributed by atoms with Crippen LogP contribution in [0.15, 0.2) is 59.5 Å². The smallest absolute Gasteiger partial charge is 0.416 e. The molecule has 9 nitrogen and oxygen atoms in total. The molecule has 168 valence electrons. The zero-order valence-corrected chi connectivity index (χ0v) is 17.2. The van der Waals surface area contributed by atoms with Crippen molar-refractivity contribution in [2.45, 2.75) is 18.0 Å². The minimum Gasteiger partial charge on any atom is -0.464 e. The number of benzene rings is 2. The highest BCUT2D eigenvalue weighted by molar-refractivity contribution is 7.90. The average Bonchev–Trinajstić information content (AvgIpc) is 2.73. The van der Waals surface area contributed by atoms with E-state index in [1.807, 2.05) is 0 Å². The lowest BCUT2D eigenvalue weighted by Gasteiger charge is -2.11. The van der Waals surface area contributed by atoms with E-state index in [9.17, 15) is 26.4 Å². The fourth-order valence-electron chi connectivity index (χ4n) is 2.47. The van der Waals surface area contributed by atoms with E-state index in [-0.39, 0.29) is 24.4 Å². The Bertz CT molecular complexity index is 1220. The lowest BCUT2D eigenvalue weighted by molar-refractivity contribution is -0.137. The maximum Gasteiger partial charge on any atom is 0.416 e. The van der Waals surface area contributed by atoms with Gasteiger partial charge in [-0.1, -0.05) is 36.4 Å². The predicted molar refractivity (Wildman–Crippen MR) is 107 cm³/mol. The quantitative estimate of drug-likeness (QED) is 0.569. The van der Waals surface area contributed by atoms with Crippen LogP contribution in [0.2, 0.25) is 0 Å². The summed E-state index contributed by atoms with van der Waals surface area (Å²) in [6, 6.07) is 10.2. The Labute approximate surface area is 180 Å². The van der Waals surface area contributed by atoms with E-state index in [4.69, 9.17) is 4.74 Å². The number of nitrogens with one attached hydrogen (secondary N) is 2. The number of alkyl halides is 3. The molecule has 1 aromatic heterocycles. The highest BCUT2D eigenvalue weighted by atomic mass is 32.2. The highest BCUT2D eigenvalue weighted by Crippen LogP contribution is 2.30. The molecule has 0 unspecified atom stereocenters. The summed E-state index contributed by atoms with van der Waals surface area (Å²) in [5, 5.41) is 2.13. The third-order valence-electron chi connectivity index (χ3n) is 3.84. The summed E-state index contributed by atoms with van der Waals surface area (Å²) in [5.41, 5.74) is -0.594. The topological polar surface area (TPSA) is 123 Å². The number of halogens is 3. The number of rotatable bonds is 6. The van der Waals surface area contributed by atoms with Gasteiger partial charge < -0.3 is 4.74 Å². The molecule has 0 aliphatic rings. The lowest BCUT2D eigenvalue weighted by Crippen LogP contribution is -2.35. The van der Waals surface area contributed by atoms with Gasteiger partial charge in [0.15, 0.2) is 5.82 Å². The second-order valence-electron chi connectivity index (χ2n) is 6.15. The number of amides is 2. The zero-order chi connectivity index (χ0) is 23.4. The second kappa shape index (κ2) is 9.18. The molecule has 2 amide bonds. The molecule has 0 saturated heterocycles. The molecular formula is C19H16F3N5O4S. The summed E-state index contributed by atoms with van der Waals surface area (Å²) >= 11 is 0. The third kappa shape index (κ3) is 5.69. The standard InChI is InChI=1S/C19H16F3N5O4S/c1-2-31-18-24-15(12-7-4-3-5-8-12)23-16(26-18)25-17(28)27-32(29,30)14-10-6-9-13(11-14)19(20,21)22/h3-11H,2H2,1H3,(H2,23,24,25,26,27,28). The monoisotopic (exact) mass is 467 g/mol. The van der Waals surface area contributed by atoms with Crippen molar-refractivity contribution in [2.75, 3.05) is 11.9 Å². The van der Waals surface area contributed by atoms with E-state index in [1.54, 1.807) is 42.0 Å². The Morgan fingerprint density at radius 1 is 1.03 bits per heavy atom. The number of hydrogen-bond acceptors (Lipinski definition) is 7. The minimum absolute atomic E-state index is 0.114. The Morgan fingerprint density at radius 3 is 2.41 bits per heavy atom. The molecule has 3 aromatic rings. The molecule has 1 heterocycles. The SMILES string of the molecule is CCOc1nc(NC(=O)NS(=O)(=O)c2cccc(C(F)(F)F)c2)nc(-c2ccccc2)n1. The molecule has 0 bridgehead atoms. The van der Waals surface area contributed by atoms with Gasteiger partial charge in [-0.2, -0.15) is 28.1 Å². The maximum absolute atomic E-state index is 12.9.